The van der Waals surface area contributed by atoms with Gasteiger partial charge in [0, 0.05) is 37.6 Å². The molecule has 2 aromatic rings. The first-order valence-electron chi connectivity index (χ1n) is 6.75. The lowest BCUT2D eigenvalue weighted by atomic mass is 10.1. The zero-order valence-electron chi connectivity index (χ0n) is 11.5. The summed E-state index contributed by atoms with van der Waals surface area (Å²) in [5, 5.41) is 10.4. The summed E-state index contributed by atoms with van der Waals surface area (Å²) in [6.45, 7) is 2.04. The lowest BCUT2D eigenvalue weighted by Gasteiger charge is -2.36. The number of aliphatic hydroxyl groups is 1. The van der Waals surface area contributed by atoms with Crippen molar-refractivity contribution in [1.82, 2.24) is 9.47 Å². The van der Waals surface area contributed by atoms with E-state index in [4.69, 9.17) is 4.74 Å². The monoisotopic (exact) mass is 274 g/mol. The zero-order valence-corrected chi connectivity index (χ0v) is 11.5. The molecule has 0 bridgehead atoms. The molecule has 1 aromatic carbocycles. The molecular weight excluding hydrogens is 256 g/mol. The molecule has 20 heavy (non-hydrogen) atoms. The third-order valence-electron chi connectivity index (χ3n) is 3.70. The molecule has 0 aliphatic carbocycles. The first-order chi connectivity index (χ1) is 9.70. The molecule has 1 amide bonds. The van der Waals surface area contributed by atoms with Crippen molar-refractivity contribution in [3.63, 3.8) is 0 Å². The van der Waals surface area contributed by atoms with Gasteiger partial charge in [0.25, 0.3) is 5.91 Å². The molecule has 0 atom stereocenters. The van der Waals surface area contributed by atoms with E-state index in [-0.39, 0.29) is 12.0 Å². The lowest BCUT2D eigenvalue weighted by molar-refractivity contribution is 0.00514. The van der Waals surface area contributed by atoms with Crippen LogP contribution in [-0.2, 0) is 11.3 Å². The Morgan fingerprint density at radius 2 is 2.15 bits per heavy atom. The van der Waals surface area contributed by atoms with E-state index in [1.807, 2.05) is 34.9 Å². The Hall–Kier alpha value is -1.85. The van der Waals surface area contributed by atoms with Crippen molar-refractivity contribution in [2.24, 2.45) is 0 Å². The van der Waals surface area contributed by atoms with E-state index in [2.05, 4.69) is 0 Å². The number of para-hydroxylation sites is 1. The van der Waals surface area contributed by atoms with Crippen molar-refractivity contribution in [2.45, 2.75) is 12.6 Å². The molecule has 0 unspecified atom stereocenters. The van der Waals surface area contributed by atoms with Gasteiger partial charge in [-0.15, -0.1) is 0 Å². The first-order valence-corrected chi connectivity index (χ1v) is 6.75. The van der Waals surface area contributed by atoms with Crippen LogP contribution in [0.1, 0.15) is 10.5 Å². The van der Waals surface area contributed by atoms with Crippen LogP contribution in [0, 0.1) is 0 Å². The maximum atomic E-state index is 12.5. The van der Waals surface area contributed by atoms with E-state index >= 15 is 0 Å². The van der Waals surface area contributed by atoms with Gasteiger partial charge in [-0.25, -0.2) is 0 Å². The number of aromatic nitrogens is 1. The van der Waals surface area contributed by atoms with Gasteiger partial charge in [0.2, 0.25) is 0 Å². The van der Waals surface area contributed by atoms with E-state index in [1.165, 1.54) is 0 Å². The first kappa shape index (κ1) is 13.1. The maximum Gasteiger partial charge on any atom is 0.270 e. The van der Waals surface area contributed by atoms with Crippen molar-refractivity contribution in [1.29, 1.82) is 0 Å². The van der Waals surface area contributed by atoms with Crippen molar-refractivity contribution in [3.05, 3.63) is 36.0 Å². The second kappa shape index (κ2) is 5.26. The number of hydrogen-bond acceptors (Lipinski definition) is 3. The summed E-state index contributed by atoms with van der Waals surface area (Å²) in [6, 6.07) is 9.85. The maximum absolute atomic E-state index is 12.5. The molecule has 1 aliphatic rings. The highest BCUT2D eigenvalue weighted by Gasteiger charge is 2.31. The molecule has 1 N–H and O–H groups in total. The smallest absolute Gasteiger partial charge is 0.270 e. The summed E-state index contributed by atoms with van der Waals surface area (Å²) < 4.78 is 7.12. The van der Waals surface area contributed by atoms with Gasteiger partial charge in [-0.05, 0) is 12.1 Å². The molecule has 0 spiro atoms. The molecule has 106 valence electrons. The van der Waals surface area contributed by atoms with Crippen molar-refractivity contribution in [3.8, 4) is 0 Å². The number of rotatable bonds is 4. The van der Waals surface area contributed by atoms with Crippen LogP contribution in [0.4, 0.5) is 0 Å². The molecule has 0 saturated carbocycles. The van der Waals surface area contributed by atoms with Crippen molar-refractivity contribution in [2.75, 3.05) is 26.8 Å². The van der Waals surface area contributed by atoms with E-state index in [9.17, 15) is 9.90 Å². The number of likely N-dealkylation sites (tertiary alicyclic amines) is 1. The average molecular weight is 274 g/mol. The summed E-state index contributed by atoms with van der Waals surface area (Å²) >= 11 is 0. The molecule has 3 rings (SSSR count). The van der Waals surface area contributed by atoms with Crippen molar-refractivity contribution < 1.29 is 14.6 Å². The van der Waals surface area contributed by atoms with Crippen LogP contribution in [0.25, 0.3) is 10.9 Å². The number of aliphatic hydroxyl groups excluding tert-OH is 1. The molecule has 1 aromatic heterocycles. The van der Waals surface area contributed by atoms with Gasteiger partial charge in [-0.2, -0.15) is 0 Å². The largest absolute Gasteiger partial charge is 0.389 e. The number of carbonyl (C=O) groups excluding carboxylic acids is 1. The Kier molecular flexibility index (Phi) is 3.46. The molecule has 1 saturated heterocycles. The highest BCUT2D eigenvalue weighted by atomic mass is 16.5. The number of hydrogen-bond donors (Lipinski definition) is 1. The third-order valence-corrected chi connectivity index (χ3v) is 3.70. The third kappa shape index (κ3) is 2.19. The molecular formula is C15H18N2O3. The minimum Gasteiger partial charge on any atom is -0.389 e. The quantitative estimate of drug-likeness (QED) is 0.908. The van der Waals surface area contributed by atoms with E-state index in [0.717, 1.165) is 10.9 Å². The number of benzene rings is 1. The van der Waals surface area contributed by atoms with Crippen LogP contribution in [0.2, 0.25) is 0 Å². The van der Waals surface area contributed by atoms with Crippen LogP contribution in [0.15, 0.2) is 30.3 Å². The Bertz CT molecular complexity index is 629. The van der Waals surface area contributed by atoms with Crippen molar-refractivity contribution >= 4 is 16.8 Å². The molecule has 5 heteroatoms. The summed E-state index contributed by atoms with van der Waals surface area (Å²) in [7, 11) is 1.65. The van der Waals surface area contributed by atoms with Crippen LogP contribution in [-0.4, -0.2) is 53.4 Å². The Balaban J connectivity index is 1.97. The van der Waals surface area contributed by atoms with E-state index in [1.54, 1.807) is 12.0 Å². The van der Waals surface area contributed by atoms with Crippen LogP contribution < -0.4 is 0 Å². The van der Waals surface area contributed by atoms with Gasteiger partial charge in [0.1, 0.15) is 5.69 Å². The molecule has 1 fully saturated rings. The molecule has 1 aliphatic heterocycles. The predicted molar refractivity (Wildman–Crippen MR) is 75.7 cm³/mol. The summed E-state index contributed by atoms with van der Waals surface area (Å²) in [5.74, 6) is -0.0254. The molecule has 5 nitrogen and oxygen atoms in total. The van der Waals surface area contributed by atoms with Gasteiger partial charge in [-0.1, -0.05) is 18.2 Å². The number of methoxy groups -OCH3 is 1. The summed E-state index contributed by atoms with van der Waals surface area (Å²) in [4.78, 5) is 14.1. The number of amides is 1. The van der Waals surface area contributed by atoms with Gasteiger partial charge >= 0.3 is 0 Å². The lowest BCUT2D eigenvalue weighted by Crippen LogP contribution is -2.53. The van der Waals surface area contributed by atoms with Crippen LogP contribution >= 0.6 is 0 Å². The average Bonchev–Trinajstić information content (AvgIpc) is 2.79. The van der Waals surface area contributed by atoms with Gasteiger partial charge in [-0.3, -0.25) is 4.79 Å². The number of ether oxygens (including phenoxy) is 1. The fourth-order valence-corrected chi connectivity index (χ4v) is 2.59. The Morgan fingerprint density at radius 3 is 2.85 bits per heavy atom. The summed E-state index contributed by atoms with van der Waals surface area (Å²) in [5.41, 5.74) is 1.70. The normalized spacial score (nSPS) is 15.6. The Morgan fingerprint density at radius 1 is 1.40 bits per heavy atom. The van der Waals surface area contributed by atoms with Gasteiger partial charge < -0.3 is 19.3 Å². The summed E-state index contributed by atoms with van der Waals surface area (Å²) in [6.07, 6.45) is -0.379. The minimum absolute atomic E-state index is 0.0254. The van der Waals surface area contributed by atoms with E-state index < -0.39 is 0 Å². The number of carbonyl (C=O) groups is 1. The fraction of sp³-hybridized carbons (Fsp3) is 0.400. The highest BCUT2D eigenvalue weighted by Crippen LogP contribution is 2.22. The molecule has 2 heterocycles. The number of fused-ring (bicyclic) bond motifs is 1. The van der Waals surface area contributed by atoms with Gasteiger partial charge in [0.05, 0.1) is 12.7 Å². The van der Waals surface area contributed by atoms with E-state index in [0.29, 0.717) is 31.9 Å². The SMILES string of the molecule is COCCn1c(C(=O)N2CC(O)C2)cc2ccccc21. The number of nitrogens with zero attached hydrogens (tertiary/aromatic N) is 2. The van der Waals surface area contributed by atoms with Gasteiger partial charge in [0.15, 0.2) is 0 Å². The van der Waals surface area contributed by atoms with Crippen LogP contribution in [0.5, 0.6) is 0 Å². The highest BCUT2D eigenvalue weighted by molar-refractivity contribution is 5.99. The standard InChI is InChI=1S/C15H18N2O3/c1-20-7-6-17-13-5-3-2-4-11(13)8-14(17)15(19)16-9-12(18)10-16/h2-5,8,12,18H,6-7,9-10H2,1H3. The minimum atomic E-state index is -0.379. The number of β-amino-alcohol motifs (C(OH)–C–C–N with tert-alkyl or cyclic N) is 1. The topological polar surface area (TPSA) is 54.7 Å². The van der Waals surface area contributed by atoms with Crippen LogP contribution in [0.3, 0.4) is 0 Å². The Labute approximate surface area is 117 Å². The second-order valence-corrected chi connectivity index (χ2v) is 5.10. The predicted octanol–water partition coefficient (Wildman–Crippen LogP) is 1.10. The zero-order chi connectivity index (χ0) is 14.1. The fourth-order valence-electron chi connectivity index (χ4n) is 2.59. The second-order valence-electron chi connectivity index (χ2n) is 5.10. The molecule has 0 radical (unpaired) electrons.